The van der Waals surface area contributed by atoms with Gasteiger partial charge >= 0.3 is 7.12 Å². The standard InChI is InChI=1S/C42H27BO2S/c44-43(45)41-39(31-19-9-10-20-32(31)40-34-21-11-12-22-36(34)46-42(40)41)28-23-24-33-35(25-28)38(27-15-5-2-6-16-27)30-18-8-7-17-29(30)37(33)26-13-3-1-4-14-26/h1-25,44-45H. The van der Waals surface area contributed by atoms with Crippen molar-refractivity contribution >= 4 is 76.4 Å². The Morgan fingerprint density at radius 2 is 0.870 bits per heavy atom. The highest BCUT2D eigenvalue weighted by atomic mass is 32.1. The summed E-state index contributed by atoms with van der Waals surface area (Å²) in [6.45, 7) is 0. The minimum absolute atomic E-state index is 0.555. The molecule has 2 nitrogen and oxygen atoms in total. The van der Waals surface area contributed by atoms with Crippen molar-refractivity contribution in [2.75, 3.05) is 0 Å². The van der Waals surface area contributed by atoms with E-state index in [1.54, 1.807) is 11.3 Å². The maximum Gasteiger partial charge on any atom is 0.490 e. The number of fused-ring (bicyclic) bond motifs is 7. The van der Waals surface area contributed by atoms with Crippen LogP contribution in [0.5, 0.6) is 0 Å². The van der Waals surface area contributed by atoms with Crippen LogP contribution in [0.3, 0.4) is 0 Å². The molecule has 9 rings (SSSR count). The van der Waals surface area contributed by atoms with Gasteiger partial charge in [0.05, 0.1) is 0 Å². The van der Waals surface area contributed by atoms with Crippen molar-refractivity contribution in [3.8, 4) is 33.4 Å². The van der Waals surface area contributed by atoms with Crippen LogP contribution in [-0.2, 0) is 0 Å². The molecule has 1 heterocycles. The minimum atomic E-state index is -1.64. The molecule has 8 aromatic carbocycles. The zero-order valence-electron chi connectivity index (χ0n) is 24.8. The van der Waals surface area contributed by atoms with Crippen LogP contribution in [0.25, 0.3) is 85.9 Å². The molecule has 0 saturated carbocycles. The molecule has 1 aromatic heterocycles. The van der Waals surface area contributed by atoms with Crippen molar-refractivity contribution in [1.29, 1.82) is 0 Å². The average molecular weight is 607 g/mol. The molecule has 0 aliphatic heterocycles. The lowest BCUT2D eigenvalue weighted by atomic mass is 9.72. The Morgan fingerprint density at radius 1 is 0.391 bits per heavy atom. The summed E-state index contributed by atoms with van der Waals surface area (Å²) in [7, 11) is -1.64. The molecule has 0 atom stereocenters. The summed E-state index contributed by atoms with van der Waals surface area (Å²) in [6, 6.07) is 53.2. The zero-order chi connectivity index (χ0) is 30.8. The predicted octanol–water partition coefficient (Wildman–Crippen LogP) is 10.2. The first kappa shape index (κ1) is 27.1. The molecule has 0 amide bonds. The van der Waals surface area contributed by atoms with Crippen LogP contribution in [0.2, 0.25) is 0 Å². The average Bonchev–Trinajstić information content (AvgIpc) is 3.50. The third kappa shape index (κ3) is 4.05. The first-order chi connectivity index (χ1) is 22.7. The highest BCUT2D eigenvalue weighted by Crippen LogP contribution is 2.46. The van der Waals surface area contributed by atoms with E-state index in [1.165, 1.54) is 27.5 Å². The summed E-state index contributed by atoms with van der Waals surface area (Å²) in [4.78, 5) is 0. The largest absolute Gasteiger partial charge is 0.490 e. The van der Waals surface area contributed by atoms with Gasteiger partial charge in [0.15, 0.2) is 0 Å². The lowest BCUT2D eigenvalue weighted by molar-refractivity contribution is 0.426. The number of hydrogen-bond acceptors (Lipinski definition) is 3. The highest BCUT2D eigenvalue weighted by molar-refractivity contribution is 7.27. The molecule has 0 fully saturated rings. The Hall–Kier alpha value is -5.26. The third-order valence-electron chi connectivity index (χ3n) is 9.27. The minimum Gasteiger partial charge on any atom is -0.423 e. The van der Waals surface area contributed by atoms with Gasteiger partial charge in [-0.3, -0.25) is 0 Å². The number of hydrogen-bond donors (Lipinski definition) is 2. The van der Waals surface area contributed by atoms with Crippen LogP contribution in [0.4, 0.5) is 0 Å². The van der Waals surface area contributed by atoms with E-state index in [0.29, 0.717) is 5.46 Å². The third-order valence-corrected chi connectivity index (χ3v) is 10.5. The normalized spacial score (nSPS) is 11.7. The van der Waals surface area contributed by atoms with Crippen molar-refractivity contribution < 1.29 is 10.0 Å². The van der Waals surface area contributed by atoms with Gasteiger partial charge in [0.2, 0.25) is 0 Å². The zero-order valence-corrected chi connectivity index (χ0v) is 25.6. The van der Waals surface area contributed by atoms with E-state index >= 15 is 0 Å². The van der Waals surface area contributed by atoms with Crippen LogP contribution in [-0.4, -0.2) is 17.2 Å². The van der Waals surface area contributed by atoms with E-state index in [4.69, 9.17) is 0 Å². The van der Waals surface area contributed by atoms with Crippen LogP contribution in [0, 0.1) is 0 Å². The Kier molecular flexibility index (Phi) is 6.29. The monoisotopic (exact) mass is 606 g/mol. The molecule has 4 heteroatoms. The maximum atomic E-state index is 11.1. The van der Waals surface area contributed by atoms with Gasteiger partial charge in [-0.25, -0.2) is 0 Å². The van der Waals surface area contributed by atoms with Crippen molar-refractivity contribution in [2.45, 2.75) is 0 Å². The van der Waals surface area contributed by atoms with E-state index in [-0.39, 0.29) is 0 Å². The molecule has 216 valence electrons. The summed E-state index contributed by atoms with van der Waals surface area (Å²) in [5.41, 5.74) is 7.06. The van der Waals surface area contributed by atoms with Gasteiger partial charge in [-0.2, -0.15) is 0 Å². The van der Waals surface area contributed by atoms with E-state index in [0.717, 1.165) is 58.4 Å². The topological polar surface area (TPSA) is 40.5 Å². The van der Waals surface area contributed by atoms with Gasteiger partial charge < -0.3 is 10.0 Å². The Labute approximate surface area is 270 Å². The van der Waals surface area contributed by atoms with Crippen molar-refractivity contribution in [3.05, 3.63) is 152 Å². The van der Waals surface area contributed by atoms with E-state index < -0.39 is 7.12 Å². The molecule has 0 aliphatic carbocycles. The van der Waals surface area contributed by atoms with Gasteiger partial charge in [0.1, 0.15) is 0 Å². The number of thiophene rings is 1. The van der Waals surface area contributed by atoms with Gasteiger partial charge in [-0.15, -0.1) is 11.3 Å². The quantitative estimate of drug-likeness (QED) is 0.155. The molecule has 0 spiro atoms. The molecule has 2 N–H and O–H groups in total. The highest BCUT2D eigenvalue weighted by Gasteiger charge is 2.27. The molecular formula is C42H27BO2S. The van der Waals surface area contributed by atoms with Crippen LogP contribution < -0.4 is 5.46 Å². The van der Waals surface area contributed by atoms with Crippen LogP contribution in [0.15, 0.2) is 152 Å². The van der Waals surface area contributed by atoms with Gasteiger partial charge in [0.25, 0.3) is 0 Å². The molecular weight excluding hydrogens is 579 g/mol. The Bertz CT molecular complexity index is 2610. The molecule has 9 aromatic rings. The van der Waals surface area contributed by atoms with Crippen molar-refractivity contribution in [3.63, 3.8) is 0 Å². The SMILES string of the molecule is OB(O)c1c(-c2ccc3c(-c4ccccc4)c4ccccc4c(-c4ccccc4)c3c2)c2ccccc2c2c1sc1ccccc12. The summed E-state index contributed by atoms with van der Waals surface area (Å²) in [5.74, 6) is 0. The Morgan fingerprint density at radius 3 is 1.48 bits per heavy atom. The van der Waals surface area contributed by atoms with Crippen LogP contribution >= 0.6 is 11.3 Å². The van der Waals surface area contributed by atoms with E-state index in [2.05, 4.69) is 140 Å². The summed E-state index contributed by atoms with van der Waals surface area (Å²) >= 11 is 1.63. The fourth-order valence-corrected chi connectivity index (χ4v) is 8.69. The Balaban J connectivity index is 1.47. The summed E-state index contributed by atoms with van der Waals surface area (Å²) in [6.07, 6.45) is 0. The smallest absolute Gasteiger partial charge is 0.423 e. The second kappa shape index (κ2) is 10.7. The molecule has 0 unspecified atom stereocenters. The van der Waals surface area contributed by atoms with Crippen molar-refractivity contribution in [2.24, 2.45) is 0 Å². The van der Waals surface area contributed by atoms with E-state index in [1.807, 2.05) is 12.1 Å². The molecule has 0 bridgehead atoms. The molecule has 0 radical (unpaired) electrons. The lowest BCUT2D eigenvalue weighted by Crippen LogP contribution is -2.32. The first-order valence-electron chi connectivity index (χ1n) is 15.5. The van der Waals surface area contributed by atoms with E-state index in [9.17, 15) is 10.0 Å². The number of rotatable bonds is 4. The maximum absolute atomic E-state index is 11.1. The second-order valence-electron chi connectivity index (χ2n) is 11.8. The first-order valence-corrected chi connectivity index (χ1v) is 16.3. The second-order valence-corrected chi connectivity index (χ2v) is 12.9. The fraction of sp³-hybridized carbons (Fsp3) is 0. The van der Waals surface area contributed by atoms with Gasteiger partial charge in [-0.1, -0.05) is 140 Å². The molecule has 0 aliphatic rings. The summed E-state index contributed by atoms with van der Waals surface area (Å²) < 4.78 is 2.04. The summed E-state index contributed by atoms with van der Waals surface area (Å²) in [5, 5.41) is 31.2. The molecule has 46 heavy (non-hydrogen) atoms. The van der Waals surface area contributed by atoms with Crippen LogP contribution in [0.1, 0.15) is 0 Å². The number of benzene rings is 8. The lowest BCUT2D eigenvalue weighted by Gasteiger charge is -2.20. The predicted molar refractivity (Wildman–Crippen MR) is 198 cm³/mol. The van der Waals surface area contributed by atoms with Gasteiger partial charge in [-0.05, 0) is 77.8 Å². The van der Waals surface area contributed by atoms with Crippen molar-refractivity contribution in [1.82, 2.24) is 0 Å². The van der Waals surface area contributed by atoms with Gasteiger partial charge in [0, 0.05) is 25.6 Å². The fourth-order valence-electron chi connectivity index (χ4n) is 7.40. The molecule has 0 saturated heterocycles.